The second-order valence-corrected chi connectivity index (χ2v) is 5.17. The number of alkyl halides is 3. The maximum absolute atomic E-state index is 13.4. The normalized spacial score (nSPS) is 18.4. The van der Waals surface area contributed by atoms with Gasteiger partial charge in [0.15, 0.2) is 0 Å². The summed E-state index contributed by atoms with van der Waals surface area (Å²) in [6.45, 7) is 1.57. The first-order valence-corrected chi connectivity index (χ1v) is 6.66. The highest BCUT2D eigenvalue weighted by atomic mass is 79.9. The van der Waals surface area contributed by atoms with Crippen molar-refractivity contribution in [3.8, 4) is 0 Å². The predicted molar refractivity (Wildman–Crippen MR) is 74.6 cm³/mol. The van der Waals surface area contributed by atoms with Crippen LogP contribution in [-0.2, 0) is 0 Å². The molecule has 8 heteroatoms. The summed E-state index contributed by atoms with van der Waals surface area (Å²) in [6, 6.07) is 1.97. The molecule has 1 aromatic carbocycles. The van der Waals surface area contributed by atoms with E-state index >= 15 is 0 Å². The van der Waals surface area contributed by atoms with Crippen LogP contribution in [0.3, 0.4) is 0 Å². The van der Waals surface area contributed by atoms with Gasteiger partial charge in [-0.15, -0.1) is 12.4 Å². The highest BCUT2D eigenvalue weighted by molar-refractivity contribution is 9.10. The van der Waals surface area contributed by atoms with Crippen molar-refractivity contribution < 1.29 is 17.6 Å². The predicted octanol–water partition coefficient (Wildman–Crippen LogP) is 3.52. The van der Waals surface area contributed by atoms with Gasteiger partial charge in [-0.25, -0.2) is 4.39 Å². The van der Waals surface area contributed by atoms with Gasteiger partial charge in [-0.05, 0) is 27.6 Å². The van der Waals surface area contributed by atoms with Crippen LogP contribution in [0.2, 0.25) is 0 Å². The van der Waals surface area contributed by atoms with Crippen molar-refractivity contribution in [2.75, 3.05) is 26.2 Å². The van der Waals surface area contributed by atoms with Gasteiger partial charge in [-0.1, -0.05) is 12.1 Å². The van der Waals surface area contributed by atoms with Gasteiger partial charge in [0, 0.05) is 26.2 Å². The molecule has 0 aliphatic carbocycles. The van der Waals surface area contributed by atoms with E-state index in [1.807, 2.05) is 0 Å². The smallest absolute Gasteiger partial charge is 0.314 e. The second-order valence-electron chi connectivity index (χ2n) is 4.37. The lowest BCUT2D eigenvalue weighted by atomic mass is 10.0. The Kier molecular flexibility index (Phi) is 6.25. The van der Waals surface area contributed by atoms with E-state index in [4.69, 9.17) is 0 Å². The van der Waals surface area contributed by atoms with Crippen LogP contribution in [0.15, 0.2) is 22.7 Å². The first-order valence-electron chi connectivity index (χ1n) is 5.86. The van der Waals surface area contributed by atoms with Crippen LogP contribution in [0.25, 0.3) is 0 Å². The Labute approximate surface area is 129 Å². The number of nitrogens with zero attached hydrogens (tertiary/aromatic N) is 1. The van der Waals surface area contributed by atoms with Crippen molar-refractivity contribution in [3.63, 3.8) is 0 Å². The van der Waals surface area contributed by atoms with E-state index in [1.165, 1.54) is 17.0 Å². The Morgan fingerprint density at radius 1 is 1.20 bits per heavy atom. The Morgan fingerprint density at radius 2 is 1.80 bits per heavy atom. The van der Waals surface area contributed by atoms with E-state index in [0.717, 1.165) is 6.07 Å². The minimum atomic E-state index is -4.44. The van der Waals surface area contributed by atoms with E-state index in [-0.39, 0.29) is 35.5 Å². The summed E-state index contributed by atoms with van der Waals surface area (Å²) >= 11 is 2.92. The molecule has 2 rings (SSSR count). The standard InChI is InChI=1S/C12H13BrF4N2.ClH/c13-10-8(2-1-3-9(10)14)11(12(15,16)17)19-6-4-18-5-7-19;/h1-3,11,18H,4-7H2;1H/t11-;/m0./s1. The van der Waals surface area contributed by atoms with Crippen LogP contribution in [0.1, 0.15) is 11.6 Å². The van der Waals surface area contributed by atoms with E-state index < -0.39 is 18.0 Å². The van der Waals surface area contributed by atoms with Crippen LogP contribution >= 0.6 is 28.3 Å². The number of rotatable bonds is 2. The summed E-state index contributed by atoms with van der Waals surface area (Å²) in [5, 5.41) is 3.00. The lowest BCUT2D eigenvalue weighted by Gasteiger charge is -2.36. The summed E-state index contributed by atoms with van der Waals surface area (Å²) in [4.78, 5) is 1.33. The van der Waals surface area contributed by atoms with Gasteiger partial charge in [0.05, 0.1) is 4.47 Å². The van der Waals surface area contributed by atoms with Gasteiger partial charge >= 0.3 is 6.18 Å². The molecule has 1 atom stereocenters. The molecule has 1 aromatic rings. The van der Waals surface area contributed by atoms with Crippen LogP contribution in [-0.4, -0.2) is 37.3 Å². The molecule has 0 aromatic heterocycles. The molecule has 20 heavy (non-hydrogen) atoms. The summed E-state index contributed by atoms with van der Waals surface area (Å²) in [5.74, 6) is -0.679. The molecule has 1 aliphatic heterocycles. The molecule has 0 unspecified atom stereocenters. The van der Waals surface area contributed by atoms with Crippen LogP contribution in [0, 0.1) is 5.82 Å². The number of piperazine rings is 1. The zero-order chi connectivity index (χ0) is 14.0. The number of nitrogens with one attached hydrogen (secondary N) is 1. The molecule has 1 aliphatic rings. The maximum atomic E-state index is 13.4. The van der Waals surface area contributed by atoms with Crippen LogP contribution in [0.5, 0.6) is 0 Å². The Bertz CT molecular complexity index is 450. The Hall–Kier alpha value is -0.370. The SMILES string of the molecule is Cl.Fc1cccc([C@H](N2CCNCC2)C(F)(F)F)c1Br. The fourth-order valence-corrected chi connectivity index (χ4v) is 2.73. The molecular weight excluding hydrogens is 363 g/mol. The van der Waals surface area contributed by atoms with Gasteiger partial charge in [-0.2, -0.15) is 13.2 Å². The summed E-state index contributed by atoms with van der Waals surface area (Å²) in [6.07, 6.45) is -4.44. The third-order valence-electron chi connectivity index (χ3n) is 3.10. The molecule has 114 valence electrons. The molecular formula is C12H14BrClF4N2. The Morgan fingerprint density at radius 3 is 2.35 bits per heavy atom. The molecule has 0 saturated carbocycles. The first kappa shape index (κ1) is 17.7. The molecule has 2 nitrogen and oxygen atoms in total. The molecule has 1 heterocycles. The zero-order valence-electron chi connectivity index (χ0n) is 10.4. The molecule has 0 amide bonds. The third kappa shape index (κ3) is 3.84. The quantitative estimate of drug-likeness (QED) is 0.794. The molecule has 0 radical (unpaired) electrons. The topological polar surface area (TPSA) is 15.3 Å². The molecule has 0 spiro atoms. The number of halogens is 6. The molecule has 1 N–H and O–H groups in total. The van der Waals surface area contributed by atoms with Crippen LogP contribution in [0.4, 0.5) is 17.6 Å². The molecule has 1 fully saturated rings. The first-order chi connectivity index (χ1) is 8.91. The van der Waals surface area contributed by atoms with Crippen LogP contribution < -0.4 is 5.32 Å². The van der Waals surface area contributed by atoms with Gasteiger partial charge in [0.1, 0.15) is 11.9 Å². The van der Waals surface area contributed by atoms with Crippen molar-refractivity contribution in [3.05, 3.63) is 34.1 Å². The summed E-state index contributed by atoms with van der Waals surface area (Å²) < 4.78 is 53.2. The molecule has 1 saturated heterocycles. The van der Waals surface area contributed by atoms with Crippen molar-refractivity contribution >= 4 is 28.3 Å². The highest BCUT2D eigenvalue weighted by Crippen LogP contribution is 2.41. The maximum Gasteiger partial charge on any atom is 0.408 e. The minimum absolute atomic E-state index is 0. The van der Waals surface area contributed by atoms with E-state index in [1.54, 1.807) is 0 Å². The monoisotopic (exact) mass is 376 g/mol. The van der Waals surface area contributed by atoms with Crippen molar-refractivity contribution in [1.29, 1.82) is 0 Å². The Balaban J connectivity index is 0.00000200. The number of hydrogen-bond acceptors (Lipinski definition) is 2. The largest absolute Gasteiger partial charge is 0.408 e. The van der Waals surface area contributed by atoms with E-state index in [9.17, 15) is 17.6 Å². The summed E-state index contributed by atoms with van der Waals surface area (Å²) in [7, 11) is 0. The fourth-order valence-electron chi connectivity index (χ4n) is 2.25. The third-order valence-corrected chi connectivity index (χ3v) is 3.94. The van der Waals surface area contributed by atoms with Gasteiger partial charge in [0.2, 0.25) is 0 Å². The minimum Gasteiger partial charge on any atom is -0.314 e. The average molecular weight is 378 g/mol. The second kappa shape index (κ2) is 7.06. The van der Waals surface area contributed by atoms with E-state index in [0.29, 0.717) is 13.1 Å². The fraction of sp³-hybridized carbons (Fsp3) is 0.500. The highest BCUT2D eigenvalue weighted by Gasteiger charge is 2.45. The molecule has 0 bridgehead atoms. The van der Waals surface area contributed by atoms with Crippen molar-refractivity contribution in [2.45, 2.75) is 12.2 Å². The number of hydrogen-bond donors (Lipinski definition) is 1. The van der Waals surface area contributed by atoms with E-state index in [2.05, 4.69) is 21.2 Å². The van der Waals surface area contributed by atoms with Crippen molar-refractivity contribution in [1.82, 2.24) is 10.2 Å². The van der Waals surface area contributed by atoms with Crippen molar-refractivity contribution in [2.24, 2.45) is 0 Å². The lowest BCUT2D eigenvalue weighted by molar-refractivity contribution is -0.188. The average Bonchev–Trinajstić information content (AvgIpc) is 2.35. The summed E-state index contributed by atoms with van der Waals surface area (Å²) in [5.41, 5.74) is -0.0746. The lowest BCUT2D eigenvalue weighted by Crippen LogP contribution is -2.49. The van der Waals surface area contributed by atoms with Gasteiger partial charge < -0.3 is 5.32 Å². The number of benzene rings is 1. The zero-order valence-corrected chi connectivity index (χ0v) is 12.8. The van der Waals surface area contributed by atoms with Gasteiger partial charge in [-0.3, -0.25) is 4.90 Å². The van der Waals surface area contributed by atoms with Gasteiger partial charge in [0.25, 0.3) is 0 Å².